The Morgan fingerprint density at radius 3 is 2.19 bits per heavy atom. The van der Waals surface area contributed by atoms with Crippen LogP contribution >= 0.6 is 31.9 Å². The summed E-state index contributed by atoms with van der Waals surface area (Å²) in [6, 6.07) is 8.66. The highest BCUT2D eigenvalue weighted by Crippen LogP contribution is 2.39. The first-order valence-electron chi connectivity index (χ1n) is 6.29. The second kappa shape index (κ2) is 6.79. The number of hydrogen-bond donors (Lipinski definition) is 0. The second-order valence-electron chi connectivity index (χ2n) is 4.63. The van der Waals surface area contributed by atoms with Crippen molar-refractivity contribution in [1.82, 2.24) is 0 Å². The van der Waals surface area contributed by atoms with Crippen LogP contribution in [0.5, 0.6) is 11.5 Å². The van der Waals surface area contributed by atoms with E-state index in [-0.39, 0.29) is 10.6 Å². The molecular formula is C16H15Br2FO2. The van der Waals surface area contributed by atoms with Gasteiger partial charge in [0.25, 0.3) is 0 Å². The molecule has 0 aliphatic heterocycles. The van der Waals surface area contributed by atoms with Gasteiger partial charge in [-0.05, 0) is 53.9 Å². The third-order valence-electron chi connectivity index (χ3n) is 3.22. The number of rotatable bonds is 4. The number of halogens is 3. The van der Waals surface area contributed by atoms with Crippen molar-refractivity contribution < 1.29 is 13.9 Å². The minimum absolute atomic E-state index is 0.135. The van der Waals surface area contributed by atoms with E-state index in [1.54, 1.807) is 14.2 Å². The molecule has 2 rings (SSSR count). The fourth-order valence-electron chi connectivity index (χ4n) is 2.17. The van der Waals surface area contributed by atoms with E-state index in [0.29, 0.717) is 16.0 Å². The zero-order valence-electron chi connectivity index (χ0n) is 11.9. The molecular weight excluding hydrogens is 403 g/mol. The predicted molar refractivity (Wildman–Crippen MR) is 89.2 cm³/mol. The van der Waals surface area contributed by atoms with E-state index in [4.69, 9.17) is 9.47 Å². The Balaban J connectivity index is 2.49. The number of methoxy groups -OCH3 is 2. The molecule has 0 aliphatic rings. The Labute approximate surface area is 140 Å². The SMILES string of the molecule is COc1cc(C)c(C(Br)c2cc(F)cc(Br)c2)cc1OC. The summed E-state index contributed by atoms with van der Waals surface area (Å²) in [4.78, 5) is -0.135. The van der Waals surface area contributed by atoms with Gasteiger partial charge in [0.05, 0.1) is 19.0 Å². The normalized spacial score (nSPS) is 12.1. The Morgan fingerprint density at radius 2 is 1.62 bits per heavy atom. The van der Waals surface area contributed by atoms with Crippen LogP contribution in [0.4, 0.5) is 4.39 Å². The Hall–Kier alpha value is -1.07. The van der Waals surface area contributed by atoms with Gasteiger partial charge in [-0.15, -0.1) is 0 Å². The molecule has 5 heteroatoms. The third-order valence-corrected chi connectivity index (χ3v) is 4.70. The molecule has 0 N–H and O–H groups in total. The van der Waals surface area contributed by atoms with E-state index >= 15 is 0 Å². The van der Waals surface area contributed by atoms with Crippen molar-refractivity contribution in [2.75, 3.05) is 14.2 Å². The summed E-state index contributed by atoms with van der Waals surface area (Å²) in [6.45, 7) is 1.99. The molecule has 0 saturated carbocycles. The van der Waals surface area contributed by atoms with Crippen LogP contribution in [0.15, 0.2) is 34.8 Å². The first-order valence-corrected chi connectivity index (χ1v) is 7.99. The van der Waals surface area contributed by atoms with Crippen molar-refractivity contribution in [3.05, 3.63) is 57.3 Å². The van der Waals surface area contributed by atoms with Crippen LogP contribution in [0.3, 0.4) is 0 Å². The summed E-state index contributed by atoms with van der Waals surface area (Å²) in [5.41, 5.74) is 2.87. The van der Waals surface area contributed by atoms with Crippen molar-refractivity contribution in [3.8, 4) is 11.5 Å². The highest BCUT2D eigenvalue weighted by atomic mass is 79.9. The molecule has 1 unspecified atom stereocenters. The van der Waals surface area contributed by atoms with E-state index in [2.05, 4.69) is 31.9 Å². The van der Waals surface area contributed by atoms with Crippen LogP contribution < -0.4 is 9.47 Å². The molecule has 2 aromatic rings. The van der Waals surface area contributed by atoms with Crippen LogP contribution in [-0.2, 0) is 0 Å². The minimum atomic E-state index is -0.276. The molecule has 0 saturated heterocycles. The summed E-state index contributed by atoms with van der Waals surface area (Å²) in [6.07, 6.45) is 0. The largest absolute Gasteiger partial charge is 0.493 e. The molecule has 0 fully saturated rings. The minimum Gasteiger partial charge on any atom is -0.493 e. The van der Waals surface area contributed by atoms with Gasteiger partial charge in [0.1, 0.15) is 5.82 Å². The van der Waals surface area contributed by atoms with Crippen LogP contribution in [0, 0.1) is 12.7 Å². The van der Waals surface area contributed by atoms with Crippen molar-refractivity contribution in [3.63, 3.8) is 0 Å². The van der Waals surface area contributed by atoms with Gasteiger partial charge in [-0.2, -0.15) is 0 Å². The summed E-state index contributed by atoms with van der Waals surface area (Å²) in [5.74, 6) is 1.05. The summed E-state index contributed by atoms with van der Waals surface area (Å²) < 4.78 is 24.9. The number of benzene rings is 2. The maximum absolute atomic E-state index is 13.6. The zero-order valence-corrected chi connectivity index (χ0v) is 15.1. The van der Waals surface area contributed by atoms with Gasteiger partial charge in [-0.1, -0.05) is 31.9 Å². The first-order chi connectivity index (χ1) is 9.96. The first kappa shape index (κ1) is 16.3. The lowest BCUT2D eigenvalue weighted by molar-refractivity contribution is 0.354. The fourth-order valence-corrected chi connectivity index (χ4v) is 3.41. The average molecular weight is 418 g/mol. The molecule has 0 aliphatic carbocycles. The molecule has 2 aromatic carbocycles. The lowest BCUT2D eigenvalue weighted by atomic mass is 9.99. The van der Waals surface area contributed by atoms with Gasteiger partial charge < -0.3 is 9.47 Å². The standard InChI is InChI=1S/C16H15Br2FO2/c1-9-4-14(20-2)15(21-3)8-13(9)16(18)10-5-11(17)7-12(19)6-10/h4-8,16H,1-3H3. The van der Waals surface area contributed by atoms with E-state index in [0.717, 1.165) is 16.7 Å². The lowest BCUT2D eigenvalue weighted by Gasteiger charge is -2.17. The number of hydrogen-bond acceptors (Lipinski definition) is 2. The quantitative estimate of drug-likeness (QED) is 0.620. The van der Waals surface area contributed by atoms with Crippen molar-refractivity contribution in [2.24, 2.45) is 0 Å². The maximum atomic E-state index is 13.6. The summed E-state index contributed by atoms with van der Waals surface area (Å²) >= 11 is 6.96. The fraction of sp³-hybridized carbons (Fsp3) is 0.250. The smallest absolute Gasteiger partial charge is 0.161 e. The van der Waals surface area contributed by atoms with Gasteiger partial charge in [0, 0.05) is 4.47 Å². The van der Waals surface area contributed by atoms with Gasteiger partial charge in [0.2, 0.25) is 0 Å². The van der Waals surface area contributed by atoms with E-state index in [9.17, 15) is 4.39 Å². The Kier molecular flexibility index (Phi) is 5.27. The molecule has 2 nitrogen and oxygen atoms in total. The van der Waals surface area contributed by atoms with Gasteiger partial charge in [0.15, 0.2) is 11.5 Å². The van der Waals surface area contributed by atoms with Crippen molar-refractivity contribution >= 4 is 31.9 Å². The second-order valence-corrected chi connectivity index (χ2v) is 6.46. The molecule has 21 heavy (non-hydrogen) atoms. The molecule has 112 valence electrons. The third kappa shape index (κ3) is 3.58. The molecule has 0 spiro atoms. The number of aryl methyl sites for hydroxylation is 1. The zero-order chi connectivity index (χ0) is 15.6. The molecule has 0 heterocycles. The van der Waals surface area contributed by atoms with Crippen LogP contribution in [0.2, 0.25) is 0 Å². The topological polar surface area (TPSA) is 18.5 Å². The molecule has 1 atom stereocenters. The monoisotopic (exact) mass is 416 g/mol. The van der Waals surface area contributed by atoms with Crippen LogP contribution in [0.1, 0.15) is 21.5 Å². The lowest BCUT2D eigenvalue weighted by Crippen LogP contribution is -2.00. The number of ether oxygens (including phenoxy) is 2. The van der Waals surface area contributed by atoms with Gasteiger partial charge in [-0.25, -0.2) is 4.39 Å². The van der Waals surface area contributed by atoms with E-state index in [1.165, 1.54) is 12.1 Å². The Bertz CT molecular complexity index is 639. The van der Waals surface area contributed by atoms with Gasteiger partial charge >= 0.3 is 0 Å². The molecule has 0 radical (unpaired) electrons. The summed E-state index contributed by atoms with van der Waals surface area (Å²) in [5, 5.41) is 0. The van der Waals surface area contributed by atoms with E-state index < -0.39 is 0 Å². The number of alkyl halides is 1. The van der Waals surface area contributed by atoms with E-state index in [1.807, 2.05) is 25.1 Å². The van der Waals surface area contributed by atoms with Crippen LogP contribution in [-0.4, -0.2) is 14.2 Å². The highest BCUT2D eigenvalue weighted by molar-refractivity contribution is 9.10. The molecule has 0 aromatic heterocycles. The highest BCUT2D eigenvalue weighted by Gasteiger charge is 2.17. The average Bonchev–Trinajstić information content (AvgIpc) is 2.45. The van der Waals surface area contributed by atoms with Gasteiger partial charge in [-0.3, -0.25) is 0 Å². The predicted octanol–water partition coefficient (Wildman–Crippen LogP) is 5.40. The maximum Gasteiger partial charge on any atom is 0.161 e. The van der Waals surface area contributed by atoms with Crippen molar-refractivity contribution in [1.29, 1.82) is 0 Å². The van der Waals surface area contributed by atoms with Crippen LogP contribution in [0.25, 0.3) is 0 Å². The summed E-state index contributed by atoms with van der Waals surface area (Å²) in [7, 11) is 3.20. The Morgan fingerprint density at radius 1 is 1.00 bits per heavy atom. The molecule has 0 bridgehead atoms. The van der Waals surface area contributed by atoms with Crippen molar-refractivity contribution in [2.45, 2.75) is 11.8 Å². The molecule has 0 amide bonds.